The second-order valence-electron chi connectivity index (χ2n) is 5.47. The molecule has 0 bridgehead atoms. The van der Waals surface area contributed by atoms with Crippen molar-refractivity contribution in [3.63, 3.8) is 0 Å². The molecule has 0 aliphatic heterocycles. The van der Waals surface area contributed by atoms with Crippen molar-refractivity contribution in [1.82, 2.24) is 10.5 Å². The van der Waals surface area contributed by atoms with Crippen LogP contribution < -0.4 is 5.32 Å². The van der Waals surface area contributed by atoms with Gasteiger partial charge in [-0.05, 0) is 31.2 Å². The third kappa shape index (κ3) is 2.50. The van der Waals surface area contributed by atoms with E-state index in [0.717, 1.165) is 12.8 Å². The summed E-state index contributed by atoms with van der Waals surface area (Å²) in [5.74, 6) is 0.508. The standard InChI is InChI=1S/C15H18N2O2S/c1-11-9-12(17-19-11)14(18)16-10-15(6-2-3-7-15)13-5-4-8-20-13/h4-5,8-9H,2-3,6-7,10H2,1H3,(H,16,18). The number of carbonyl (C=O) groups is 1. The van der Waals surface area contributed by atoms with Crippen molar-refractivity contribution in [2.24, 2.45) is 0 Å². The van der Waals surface area contributed by atoms with Crippen molar-refractivity contribution in [1.29, 1.82) is 0 Å². The van der Waals surface area contributed by atoms with Crippen molar-refractivity contribution >= 4 is 17.2 Å². The third-order valence-corrected chi connectivity index (χ3v) is 5.17. The fourth-order valence-electron chi connectivity index (χ4n) is 2.96. The van der Waals surface area contributed by atoms with Gasteiger partial charge in [-0.25, -0.2) is 0 Å². The normalized spacial score (nSPS) is 17.2. The van der Waals surface area contributed by atoms with Crippen LogP contribution in [-0.2, 0) is 5.41 Å². The van der Waals surface area contributed by atoms with Crippen molar-refractivity contribution in [3.05, 3.63) is 39.9 Å². The zero-order valence-corrected chi connectivity index (χ0v) is 12.3. The molecule has 5 heteroatoms. The van der Waals surface area contributed by atoms with E-state index in [-0.39, 0.29) is 11.3 Å². The summed E-state index contributed by atoms with van der Waals surface area (Å²) in [6, 6.07) is 5.94. The summed E-state index contributed by atoms with van der Waals surface area (Å²) >= 11 is 1.79. The largest absolute Gasteiger partial charge is 0.361 e. The Bertz CT molecular complexity index is 583. The van der Waals surface area contributed by atoms with Crippen LogP contribution in [0.4, 0.5) is 0 Å². The first-order valence-electron chi connectivity index (χ1n) is 6.95. The van der Waals surface area contributed by atoms with Gasteiger partial charge in [0.05, 0.1) is 0 Å². The monoisotopic (exact) mass is 290 g/mol. The number of amides is 1. The van der Waals surface area contributed by atoms with E-state index in [9.17, 15) is 4.79 Å². The Kier molecular flexibility index (Phi) is 3.61. The van der Waals surface area contributed by atoms with Crippen LogP contribution in [0.2, 0.25) is 0 Å². The van der Waals surface area contributed by atoms with Crippen LogP contribution in [0.5, 0.6) is 0 Å². The minimum absolute atomic E-state index is 0.114. The quantitative estimate of drug-likeness (QED) is 0.940. The lowest BCUT2D eigenvalue weighted by Crippen LogP contribution is -2.38. The molecule has 1 amide bonds. The fourth-order valence-corrected chi connectivity index (χ4v) is 3.94. The average molecular weight is 290 g/mol. The number of hydrogen-bond donors (Lipinski definition) is 1. The molecule has 4 nitrogen and oxygen atoms in total. The van der Waals surface area contributed by atoms with Gasteiger partial charge in [-0.15, -0.1) is 11.3 Å². The van der Waals surface area contributed by atoms with E-state index in [1.807, 2.05) is 0 Å². The number of thiophene rings is 1. The molecule has 0 unspecified atom stereocenters. The molecule has 1 fully saturated rings. The average Bonchev–Trinajstić information content (AvgIpc) is 3.17. The smallest absolute Gasteiger partial charge is 0.273 e. The molecule has 0 saturated heterocycles. The zero-order valence-electron chi connectivity index (χ0n) is 11.5. The van der Waals surface area contributed by atoms with E-state index in [4.69, 9.17) is 4.52 Å². The van der Waals surface area contributed by atoms with E-state index < -0.39 is 0 Å². The molecule has 1 saturated carbocycles. The van der Waals surface area contributed by atoms with Gasteiger partial charge >= 0.3 is 0 Å². The summed E-state index contributed by atoms with van der Waals surface area (Å²) in [5, 5.41) is 8.90. The number of hydrogen-bond acceptors (Lipinski definition) is 4. The summed E-state index contributed by atoms with van der Waals surface area (Å²) in [6.07, 6.45) is 4.75. The van der Waals surface area contributed by atoms with Crippen LogP contribution in [0.3, 0.4) is 0 Å². The lowest BCUT2D eigenvalue weighted by molar-refractivity contribution is 0.0934. The number of aryl methyl sites for hydroxylation is 1. The molecule has 1 N–H and O–H groups in total. The molecule has 20 heavy (non-hydrogen) atoms. The Morgan fingerprint density at radius 3 is 2.90 bits per heavy atom. The van der Waals surface area contributed by atoms with E-state index >= 15 is 0 Å². The first-order chi connectivity index (χ1) is 9.70. The van der Waals surface area contributed by atoms with Crippen LogP contribution in [0, 0.1) is 6.92 Å². The van der Waals surface area contributed by atoms with Crippen LogP contribution in [0.15, 0.2) is 28.1 Å². The highest BCUT2D eigenvalue weighted by Crippen LogP contribution is 2.42. The van der Waals surface area contributed by atoms with E-state index in [1.54, 1.807) is 24.3 Å². The second kappa shape index (κ2) is 5.40. The predicted octanol–water partition coefficient (Wildman–Crippen LogP) is 3.29. The molecule has 3 rings (SSSR count). The highest BCUT2D eigenvalue weighted by Gasteiger charge is 2.36. The lowest BCUT2D eigenvalue weighted by atomic mass is 9.84. The number of aromatic nitrogens is 1. The zero-order chi connectivity index (χ0) is 14.0. The van der Waals surface area contributed by atoms with Gasteiger partial charge < -0.3 is 9.84 Å². The minimum Gasteiger partial charge on any atom is -0.361 e. The summed E-state index contributed by atoms with van der Waals surface area (Å²) < 4.78 is 4.95. The summed E-state index contributed by atoms with van der Waals surface area (Å²) in [7, 11) is 0. The lowest BCUT2D eigenvalue weighted by Gasteiger charge is -2.28. The Morgan fingerprint density at radius 2 is 2.30 bits per heavy atom. The van der Waals surface area contributed by atoms with E-state index in [1.165, 1.54) is 17.7 Å². The minimum atomic E-state index is -0.148. The molecule has 0 radical (unpaired) electrons. The van der Waals surface area contributed by atoms with Gasteiger partial charge in [-0.2, -0.15) is 0 Å². The summed E-state index contributed by atoms with van der Waals surface area (Å²) in [4.78, 5) is 13.5. The Balaban J connectivity index is 1.71. The molecule has 1 aliphatic carbocycles. The predicted molar refractivity (Wildman–Crippen MR) is 78.0 cm³/mol. The van der Waals surface area contributed by atoms with E-state index in [2.05, 4.69) is 28.0 Å². The molecule has 0 atom stereocenters. The molecule has 2 aromatic rings. The van der Waals surface area contributed by atoms with Gasteiger partial charge in [0.2, 0.25) is 0 Å². The van der Waals surface area contributed by atoms with Crippen LogP contribution in [-0.4, -0.2) is 17.6 Å². The number of rotatable bonds is 4. The van der Waals surface area contributed by atoms with Crippen molar-refractivity contribution in [3.8, 4) is 0 Å². The van der Waals surface area contributed by atoms with Crippen LogP contribution in [0.1, 0.15) is 46.8 Å². The maximum atomic E-state index is 12.1. The molecule has 1 aliphatic rings. The molecule has 0 aromatic carbocycles. The van der Waals surface area contributed by atoms with Crippen molar-refractivity contribution in [2.75, 3.05) is 6.54 Å². The SMILES string of the molecule is Cc1cc(C(=O)NCC2(c3cccs3)CCCC2)no1. The maximum absolute atomic E-state index is 12.1. The molecular weight excluding hydrogens is 272 g/mol. The van der Waals surface area contributed by atoms with Gasteiger partial charge in [-0.1, -0.05) is 24.1 Å². The third-order valence-electron chi connectivity index (χ3n) is 4.05. The van der Waals surface area contributed by atoms with Gasteiger partial charge in [0.25, 0.3) is 5.91 Å². The molecule has 2 heterocycles. The van der Waals surface area contributed by atoms with Crippen molar-refractivity contribution in [2.45, 2.75) is 38.0 Å². The summed E-state index contributed by atoms with van der Waals surface area (Å²) in [5.41, 5.74) is 0.476. The topological polar surface area (TPSA) is 55.1 Å². The first kappa shape index (κ1) is 13.4. The molecule has 0 spiro atoms. The molecule has 2 aromatic heterocycles. The first-order valence-corrected chi connectivity index (χ1v) is 7.83. The van der Waals surface area contributed by atoms with Gasteiger partial charge in [0.1, 0.15) is 5.76 Å². The Morgan fingerprint density at radius 1 is 1.50 bits per heavy atom. The second-order valence-corrected chi connectivity index (χ2v) is 6.42. The van der Waals surface area contributed by atoms with Gasteiger partial charge in [-0.3, -0.25) is 4.79 Å². The van der Waals surface area contributed by atoms with Crippen molar-refractivity contribution < 1.29 is 9.32 Å². The van der Waals surface area contributed by atoms with E-state index in [0.29, 0.717) is 18.0 Å². The van der Waals surface area contributed by atoms with Crippen LogP contribution >= 0.6 is 11.3 Å². The molecular formula is C15H18N2O2S. The number of nitrogens with one attached hydrogen (secondary N) is 1. The summed E-state index contributed by atoms with van der Waals surface area (Å²) in [6.45, 7) is 2.46. The van der Waals surface area contributed by atoms with Gasteiger partial charge in [0.15, 0.2) is 5.69 Å². The Hall–Kier alpha value is -1.62. The Labute approximate surface area is 122 Å². The highest BCUT2D eigenvalue weighted by atomic mass is 32.1. The highest BCUT2D eigenvalue weighted by molar-refractivity contribution is 7.10. The maximum Gasteiger partial charge on any atom is 0.273 e. The van der Waals surface area contributed by atoms with Crippen LogP contribution in [0.25, 0.3) is 0 Å². The number of nitrogens with zero attached hydrogens (tertiary/aromatic N) is 1. The fraction of sp³-hybridized carbons (Fsp3) is 0.467. The number of carbonyl (C=O) groups excluding carboxylic acids is 1. The van der Waals surface area contributed by atoms with Gasteiger partial charge in [0, 0.05) is 22.9 Å². The molecule has 106 valence electrons.